The van der Waals surface area contributed by atoms with Crippen LogP contribution < -0.4 is 5.56 Å². The summed E-state index contributed by atoms with van der Waals surface area (Å²) in [5, 5.41) is 31.3. The number of hydrogen-bond acceptors (Lipinski definition) is 6. The molecule has 0 saturated carbocycles. The SMILES string of the molecule is Cc1[nH]n(-c2ccc3c(c2)CCCC3)c(=O)c1N=Nc1cccc(C2C=C(C(=O)O)SC2)c1O. The highest BCUT2D eigenvalue weighted by atomic mass is 32.2. The fourth-order valence-corrected chi connectivity index (χ4v) is 5.52. The van der Waals surface area contributed by atoms with Gasteiger partial charge in [-0.05, 0) is 61.9 Å². The molecule has 2 aromatic carbocycles. The van der Waals surface area contributed by atoms with E-state index in [1.807, 2.05) is 6.07 Å². The second kappa shape index (κ2) is 8.98. The number of nitrogens with one attached hydrogen (secondary N) is 1. The van der Waals surface area contributed by atoms with Gasteiger partial charge in [-0.15, -0.1) is 22.0 Å². The molecule has 34 heavy (non-hydrogen) atoms. The lowest BCUT2D eigenvalue weighted by Gasteiger charge is -2.16. The lowest BCUT2D eigenvalue weighted by molar-refractivity contribution is -0.131. The third kappa shape index (κ3) is 4.07. The summed E-state index contributed by atoms with van der Waals surface area (Å²) in [4.78, 5) is 24.6. The number of thioether (sulfide) groups is 1. The van der Waals surface area contributed by atoms with Crippen LogP contribution in [0.15, 0.2) is 62.4 Å². The minimum Gasteiger partial charge on any atom is -0.505 e. The summed E-state index contributed by atoms with van der Waals surface area (Å²) in [6.07, 6.45) is 6.08. The zero-order valence-electron chi connectivity index (χ0n) is 18.6. The summed E-state index contributed by atoms with van der Waals surface area (Å²) >= 11 is 1.24. The predicted molar refractivity (Wildman–Crippen MR) is 131 cm³/mol. The van der Waals surface area contributed by atoms with Crippen molar-refractivity contribution in [1.29, 1.82) is 0 Å². The maximum Gasteiger partial charge on any atom is 0.341 e. The summed E-state index contributed by atoms with van der Waals surface area (Å²) in [6, 6.07) is 11.2. The number of allylic oxidation sites excluding steroid dienone is 1. The maximum atomic E-state index is 13.1. The Labute approximate surface area is 200 Å². The molecule has 3 aromatic rings. The number of carboxylic acid groups (broad SMARTS) is 1. The van der Waals surface area contributed by atoms with E-state index in [1.54, 1.807) is 31.2 Å². The number of fused-ring (bicyclic) bond motifs is 1. The van der Waals surface area contributed by atoms with E-state index in [9.17, 15) is 19.8 Å². The first-order valence-electron chi connectivity index (χ1n) is 11.2. The lowest BCUT2D eigenvalue weighted by atomic mass is 9.91. The van der Waals surface area contributed by atoms with Crippen molar-refractivity contribution in [3.05, 3.63) is 80.1 Å². The van der Waals surface area contributed by atoms with Crippen molar-refractivity contribution in [3.8, 4) is 11.4 Å². The Morgan fingerprint density at radius 1 is 1.15 bits per heavy atom. The zero-order valence-corrected chi connectivity index (χ0v) is 19.4. The molecule has 174 valence electrons. The molecule has 1 aromatic heterocycles. The average Bonchev–Trinajstić information content (AvgIpc) is 3.43. The van der Waals surface area contributed by atoms with Crippen molar-refractivity contribution in [2.24, 2.45) is 10.2 Å². The minimum absolute atomic E-state index is 0.0667. The van der Waals surface area contributed by atoms with Gasteiger partial charge in [0, 0.05) is 17.2 Å². The molecule has 0 amide bonds. The van der Waals surface area contributed by atoms with Crippen molar-refractivity contribution in [2.45, 2.75) is 38.5 Å². The number of phenolic OH excluding ortho intramolecular Hbond substituents is 1. The number of aliphatic carboxylic acids is 1. The van der Waals surface area contributed by atoms with Gasteiger partial charge >= 0.3 is 5.97 Å². The van der Waals surface area contributed by atoms with Gasteiger partial charge in [-0.2, -0.15) is 0 Å². The Kier molecular flexibility index (Phi) is 5.87. The van der Waals surface area contributed by atoms with Crippen LogP contribution in [0.3, 0.4) is 0 Å². The third-order valence-corrected chi connectivity index (χ3v) is 7.46. The van der Waals surface area contributed by atoms with Crippen LogP contribution in [0.4, 0.5) is 11.4 Å². The Hall–Kier alpha value is -3.59. The van der Waals surface area contributed by atoms with Gasteiger partial charge in [-0.1, -0.05) is 24.3 Å². The fourth-order valence-electron chi connectivity index (χ4n) is 4.50. The molecule has 3 N–H and O–H groups in total. The van der Waals surface area contributed by atoms with E-state index in [0.29, 0.717) is 17.0 Å². The summed E-state index contributed by atoms with van der Waals surface area (Å²) in [7, 11) is 0. The molecule has 1 aliphatic carbocycles. The molecule has 0 fully saturated rings. The number of rotatable bonds is 5. The summed E-state index contributed by atoms with van der Waals surface area (Å²) in [5.41, 5.74) is 4.62. The van der Waals surface area contributed by atoms with Crippen LogP contribution >= 0.6 is 11.8 Å². The molecule has 8 nitrogen and oxygen atoms in total. The normalized spacial score (nSPS) is 17.7. The number of aryl methyl sites for hydroxylation is 3. The van der Waals surface area contributed by atoms with Crippen LogP contribution in [0.25, 0.3) is 5.69 Å². The first-order chi connectivity index (χ1) is 16.4. The smallest absolute Gasteiger partial charge is 0.341 e. The number of H-pyrrole nitrogens is 1. The van der Waals surface area contributed by atoms with Crippen molar-refractivity contribution in [1.82, 2.24) is 9.78 Å². The number of hydrogen-bond donors (Lipinski definition) is 3. The molecule has 0 radical (unpaired) electrons. The minimum atomic E-state index is -0.971. The average molecular weight is 477 g/mol. The van der Waals surface area contributed by atoms with Gasteiger partial charge in [0.05, 0.1) is 16.3 Å². The molecule has 0 spiro atoms. The van der Waals surface area contributed by atoms with Crippen LogP contribution in [0.2, 0.25) is 0 Å². The Balaban J connectivity index is 1.44. The number of aromatic amines is 1. The van der Waals surface area contributed by atoms with E-state index in [2.05, 4.69) is 27.5 Å². The number of nitrogens with zero attached hydrogens (tertiary/aromatic N) is 3. The first-order valence-corrected chi connectivity index (χ1v) is 12.2. The van der Waals surface area contributed by atoms with Crippen LogP contribution in [0, 0.1) is 6.92 Å². The van der Waals surface area contributed by atoms with Crippen molar-refractivity contribution < 1.29 is 15.0 Å². The molecular weight excluding hydrogens is 452 g/mol. The fraction of sp³-hybridized carbons (Fsp3) is 0.280. The number of azo groups is 1. The summed E-state index contributed by atoms with van der Waals surface area (Å²) < 4.78 is 1.48. The molecule has 2 aliphatic rings. The lowest BCUT2D eigenvalue weighted by Crippen LogP contribution is -2.15. The predicted octanol–water partition coefficient (Wildman–Crippen LogP) is 5.27. The van der Waals surface area contributed by atoms with Crippen molar-refractivity contribution in [3.63, 3.8) is 0 Å². The van der Waals surface area contributed by atoms with E-state index >= 15 is 0 Å². The van der Waals surface area contributed by atoms with Crippen LogP contribution in [-0.4, -0.2) is 31.7 Å². The molecule has 0 bridgehead atoms. The third-order valence-electron chi connectivity index (χ3n) is 6.32. The zero-order chi connectivity index (χ0) is 23.8. The van der Waals surface area contributed by atoms with Crippen LogP contribution in [0.5, 0.6) is 5.75 Å². The van der Waals surface area contributed by atoms with Crippen LogP contribution in [0.1, 0.15) is 41.1 Å². The Bertz CT molecular complexity index is 1400. The number of para-hydroxylation sites is 1. The molecule has 1 atom stereocenters. The monoisotopic (exact) mass is 476 g/mol. The number of aromatic nitrogens is 2. The Morgan fingerprint density at radius 2 is 1.94 bits per heavy atom. The molecule has 1 unspecified atom stereocenters. The molecule has 0 saturated heterocycles. The van der Waals surface area contributed by atoms with Gasteiger partial charge < -0.3 is 10.2 Å². The number of carbonyl (C=O) groups is 1. The highest BCUT2D eigenvalue weighted by molar-refractivity contribution is 8.04. The van der Waals surface area contributed by atoms with Gasteiger partial charge in [0.15, 0.2) is 5.69 Å². The van der Waals surface area contributed by atoms with Crippen molar-refractivity contribution in [2.75, 3.05) is 5.75 Å². The maximum absolute atomic E-state index is 13.1. The van der Waals surface area contributed by atoms with E-state index in [4.69, 9.17) is 0 Å². The topological polar surface area (TPSA) is 120 Å². The van der Waals surface area contributed by atoms with Crippen LogP contribution in [-0.2, 0) is 17.6 Å². The number of carboxylic acids is 1. The van der Waals surface area contributed by atoms with Gasteiger partial charge in [0.25, 0.3) is 5.56 Å². The van der Waals surface area contributed by atoms with E-state index in [0.717, 1.165) is 24.9 Å². The molecule has 5 rings (SSSR count). The van der Waals surface area contributed by atoms with Gasteiger partial charge in [-0.3, -0.25) is 9.89 Å². The quantitative estimate of drug-likeness (QED) is 0.433. The molecule has 2 heterocycles. The second-order valence-electron chi connectivity index (χ2n) is 8.55. The number of benzene rings is 2. The highest BCUT2D eigenvalue weighted by Crippen LogP contribution is 2.42. The van der Waals surface area contributed by atoms with Gasteiger partial charge in [-0.25, -0.2) is 9.48 Å². The summed E-state index contributed by atoms with van der Waals surface area (Å²) in [5.74, 6) is -0.747. The Morgan fingerprint density at radius 3 is 2.71 bits per heavy atom. The highest BCUT2D eigenvalue weighted by Gasteiger charge is 2.25. The second-order valence-corrected chi connectivity index (χ2v) is 9.62. The summed E-state index contributed by atoms with van der Waals surface area (Å²) in [6.45, 7) is 1.76. The first kappa shape index (κ1) is 22.2. The number of phenols is 1. The van der Waals surface area contributed by atoms with Gasteiger partial charge in [0.2, 0.25) is 0 Å². The molecule has 1 aliphatic heterocycles. The largest absolute Gasteiger partial charge is 0.505 e. The van der Waals surface area contributed by atoms with E-state index in [-0.39, 0.29) is 33.5 Å². The van der Waals surface area contributed by atoms with Crippen molar-refractivity contribution >= 4 is 29.1 Å². The molecule has 9 heteroatoms. The van der Waals surface area contributed by atoms with E-state index < -0.39 is 5.97 Å². The van der Waals surface area contributed by atoms with E-state index in [1.165, 1.54) is 34.0 Å². The standard InChI is InChI=1S/C25H24N4O4S/c1-14-22(24(31)29(28-14)18-10-9-15-5-2-3-6-16(15)11-18)27-26-20-8-4-7-19(23(20)30)17-12-21(25(32)33)34-13-17/h4,7-12,17,28,30H,2-3,5-6,13H2,1H3,(H,32,33). The number of aromatic hydroxyl groups is 1. The van der Waals surface area contributed by atoms with Gasteiger partial charge in [0.1, 0.15) is 11.4 Å². The molecular formula is C25H24N4O4S.